The van der Waals surface area contributed by atoms with Crippen LogP contribution in [-0.2, 0) is 39.1 Å². The van der Waals surface area contributed by atoms with Gasteiger partial charge in [0.25, 0.3) is 0 Å². The minimum Gasteiger partial charge on any atom is -0.497 e. The standard InChI is InChI=1S/C30H34O5.C13H16O3.C8H10/c1-5-6-7-25(31)18-22-19-28(13-8-21(22)20-29(32)33)35-27-16-11-24(12-17-27)30(2,3)23-9-14-26(34-4)15-10-23;1-8(2)13(16)11-6-9(3)4-5-10(11)7-12(14)15;1-7-4-3-5-8(2)6-7/h8-17,19H,5-7,18,20H2,1-4H3,(H,32,33);4-6,8H,7H2,1-3H3,(H,14,15);3-6H,1-2H3. The number of carbonyl (C=O) groups excluding carboxylic acids is 2. The molecule has 312 valence electrons. The average Bonchev–Trinajstić information content (AvgIpc) is 3.18. The van der Waals surface area contributed by atoms with Gasteiger partial charge in [0.05, 0.1) is 20.0 Å². The Kier molecular flexibility index (Phi) is 18.3. The molecule has 0 aliphatic carbocycles. The quantitative estimate of drug-likeness (QED) is 0.0944. The first-order valence-electron chi connectivity index (χ1n) is 20.1. The van der Waals surface area contributed by atoms with E-state index < -0.39 is 11.9 Å². The minimum absolute atomic E-state index is 0.0000463. The fourth-order valence-electron chi connectivity index (χ4n) is 6.45. The Morgan fingerprint density at radius 3 is 1.61 bits per heavy atom. The Morgan fingerprint density at radius 1 is 0.610 bits per heavy atom. The van der Waals surface area contributed by atoms with Crippen LogP contribution in [-0.4, -0.2) is 40.8 Å². The smallest absolute Gasteiger partial charge is 0.307 e. The van der Waals surface area contributed by atoms with Crippen molar-refractivity contribution >= 4 is 23.5 Å². The summed E-state index contributed by atoms with van der Waals surface area (Å²) in [4.78, 5) is 46.2. The molecule has 2 N–H and O–H groups in total. The van der Waals surface area contributed by atoms with Gasteiger partial charge < -0.3 is 19.7 Å². The Bertz CT molecular complexity index is 2140. The SMILES string of the molecule is CCCCC(=O)Cc1cc(Oc2ccc(C(C)(C)c3ccc(OC)cc3)cc2)ccc1CC(=O)O.Cc1ccc(CC(=O)O)c(C(=O)C(C)C)c1.Cc1cccc(C)c1. The second-order valence-corrected chi connectivity index (χ2v) is 15.7. The Labute approximate surface area is 350 Å². The summed E-state index contributed by atoms with van der Waals surface area (Å²) in [6, 6.07) is 35.1. The van der Waals surface area contributed by atoms with Crippen LogP contribution < -0.4 is 9.47 Å². The maximum absolute atomic E-state index is 12.4. The minimum atomic E-state index is -0.920. The first-order valence-corrected chi connectivity index (χ1v) is 20.1. The van der Waals surface area contributed by atoms with Crippen LogP contribution >= 0.6 is 0 Å². The number of carboxylic acid groups (broad SMARTS) is 2. The fraction of sp³-hybridized carbons (Fsp3) is 0.333. The molecule has 8 heteroatoms. The number of aryl methyl sites for hydroxylation is 3. The molecule has 0 aliphatic heterocycles. The summed E-state index contributed by atoms with van der Waals surface area (Å²) in [5.74, 6) is 0.245. The van der Waals surface area contributed by atoms with E-state index in [1.165, 1.54) is 16.7 Å². The van der Waals surface area contributed by atoms with Gasteiger partial charge in [0.15, 0.2) is 5.78 Å². The van der Waals surface area contributed by atoms with Crippen LogP contribution in [0.1, 0.15) is 109 Å². The lowest BCUT2D eigenvalue weighted by molar-refractivity contribution is -0.137. The third-order valence-electron chi connectivity index (χ3n) is 9.91. The molecule has 0 atom stereocenters. The summed E-state index contributed by atoms with van der Waals surface area (Å²) in [5, 5.41) is 18.0. The average molecular weight is 801 g/mol. The van der Waals surface area contributed by atoms with E-state index in [2.05, 4.69) is 64.1 Å². The number of Topliss-reactive ketones (excluding diaryl/α,β-unsaturated/α-hetero) is 2. The highest BCUT2D eigenvalue weighted by Crippen LogP contribution is 2.34. The van der Waals surface area contributed by atoms with E-state index in [-0.39, 0.29) is 42.2 Å². The van der Waals surface area contributed by atoms with E-state index in [4.69, 9.17) is 14.6 Å². The molecule has 0 fully saturated rings. The third-order valence-corrected chi connectivity index (χ3v) is 9.91. The Morgan fingerprint density at radius 2 is 1.12 bits per heavy atom. The van der Waals surface area contributed by atoms with Gasteiger partial charge in [0.2, 0.25) is 0 Å². The second kappa shape index (κ2) is 22.8. The number of carbonyl (C=O) groups is 4. The summed E-state index contributed by atoms with van der Waals surface area (Å²) in [5.41, 5.74) is 8.26. The highest BCUT2D eigenvalue weighted by Gasteiger charge is 2.23. The number of hydrogen-bond acceptors (Lipinski definition) is 6. The zero-order chi connectivity index (χ0) is 43.7. The Hall–Kier alpha value is -6.02. The van der Waals surface area contributed by atoms with Gasteiger partial charge in [-0.25, -0.2) is 0 Å². The maximum Gasteiger partial charge on any atom is 0.307 e. The molecule has 0 saturated heterocycles. The van der Waals surface area contributed by atoms with Crippen molar-refractivity contribution in [1.82, 2.24) is 0 Å². The summed E-state index contributed by atoms with van der Waals surface area (Å²) in [6.45, 7) is 16.1. The fourth-order valence-corrected chi connectivity index (χ4v) is 6.45. The van der Waals surface area contributed by atoms with Crippen molar-refractivity contribution in [3.8, 4) is 17.2 Å². The van der Waals surface area contributed by atoms with Crippen molar-refractivity contribution in [2.45, 2.75) is 99.3 Å². The maximum atomic E-state index is 12.4. The normalized spacial score (nSPS) is 10.7. The number of benzene rings is 5. The number of hydrogen-bond donors (Lipinski definition) is 2. The summed E-state index contributed by atoms with van der Waals surface area (Å²) < 4.78 is 11.3. The van der Waals surface area contributed by atoms with Crippen molar-refractivity contribution in [2.24, 2.45) is 5.92 Å². The number of methoxy groups -OCH3 is 1. The highest BCUT2D eigenvalue weighted by molar-refractivity contribution is 5.99. The van der Waals surface area contributed by atoms with Crippen LogP contribution in [0.3, 0.4) is 0 Å². The van der Waals surface area contributed by atoms with Crippen molar-refractivity contribution in [1.29, 1.82) is 0 Å². The van der Waals surface area contributed by atoms with Crippen molar-refractivity contribution in [3.63, 3.8) is 0 Å². The molecule has 5 rings (SSSR count). The highest BCUT2D eigenvalue weighted by atomic mass is 16.5. The molecule has 5 aromatic rings. The molecule has 0 aromatic heterocycles. The van der Waals surface area contributed by atoms with Crippen molar-refractivity contribution in [3.05, 3.63) is 159 Å². The predicted octanol–water partition coefficient (Wildman–Crippen LogP) is 11.5. The van der Waals surface area contributed by atoms with Gasteiger partial charge in [-0.2, -0.15) is 0 Å². The molecule has 0 heterocycles. The second-order valence-electron chi connectivity index (χ2n) is 15.7. The third kappa shape index (κ3) is 15.3. The molecular weight excluding hydrogens is 741 g/mol. The van der Waals surface area contributed by atoms with Crippen LogP contribution in [0.5, 0.6) is 17.2 Å². The number of carboxylic acids is 2. The molecule has 8 nitrogen and oxygen atoms in total. The predicted molar refractivity (Wildman–Crippen MR) is 235 cm³/mol. The number of unbranched alkanes of at least 4 members (excludes halogenated alkanes) is 1. The molecule has 0 unspecified atom stereocenters. The van der Waals surface area contributed by atoms with E-state index in [1.807, 2.05) is 70.2 Å². The molecule has 0 saturated carbocycles. The van der Waals surface area contributed by atoms with E-state index in [1.54, 1.807) is 37.4 Å². The van der Waals surface area contributed by atoms with Gasteiger partial charge in [0, 0.05) is 29.7 Å². The first kappa shape index (κ1) is 47.4. The van der Waals surface area contributed by atoms with E-state index in [0.717, 1.165) is 29.7 Å². The number of ketones is 2. The molecule has 0 aliphatic rings. The van der Waals surface area contributed by atoms with Crippen molar-refractivity contribution < 1.29 is 38.9 Å². The zero-order valence-electron chi connectivity index (χ0n) is 36.1. The lowest BCUT2D eigenvalue weighted by atomic mass is 9.78. The van der Waals surface area contributed by atoms with Gasteiger partial charge in [-0.3, -0.25) is 19.2 Å². The molecule has 0 amide bonds. The molecule has 0 bridgehead atoms. The van der Waals surface area contributed by atoms with E-state index >= 15 is 0 Å². The van der Waals surface area contributed by atoms with Gasteiger partial charge in [-0.1, -0.05) is 124 Å². The van der Waals surface area contributed by atoms with Crippen LogP contribution in [0.2, 0.25) is 0 Å². The van der Waals surface area contributed by atoms with Crippen LogP contribution in [0, 0.1) is 26.7 Å². The monoisotopic (exact) mass is 800 g/mol. The zero-order valence-corrected chi connectivity index (χ0v) is 36.1. The Balaban J connectivity index is 0.000000316. The lowest BCUT2D eigenvalue weighted by Crippen LogP contribution is -2.18. The van der Waals surface area contributed by atoms with E-state index in [9.17, 15) is 24.3 Å². The topological polar surface area (TPSA) is 127 Å². The molecule has 59 heavy (non-hydrogen) atoms. The summed E-state index contributed by atoms with van der Waals surface area (Å²) in [6.07, 6.45) is 2.28. The van der Waals surface area contributed by atoms with Crippen LogP contribution in [0.25, 0.3) is 0 Å². The number of rotatable bonds is 16. The number of ether oxygens (including phenoxy) is 2. The van der Waals surface area contributed by atoms with Crippen molar-refractivity contribution in [2.75, 3.05) is 7.11 Å². The van der Waals surface area contributed by atoms with Crippen LogP contribution in [0.4, 0.5) is 0 Å². The first-order chi connectivity index (χ1) is 27.9. The van der Waals surface area contributed by atoms with Gasteiger partial charge in [-0.05, 0) is 97.5 Å². The summed E-state index contributed by atoms with van der Waals surface area (Å²) >= 11 is 0. The lowest BCUT2D eigenvalue weighted by Gasteiger charge is -2.26. The van der Waals surface area contributed by atoms with Gasteiger partial charge in [0.1, 0.15) is 23.0 Å². The molecule has 0 radical (unpaired) electrons. The number of aliphatic carboxylic acids is 2. The molecular formula is C51H60O8. The molecule has 0 spiro atoms. The van der Waals surface area contributed by atoms with Gasteiger partial charge in [-0.15, -0.1) is 0 Å². The summed E-state index contributed by atoms with van der Waals surface area (Å²) in [7, 11) is 1.66. The largest absolute Gasteiger partial charge is 0.497 e. The molecule has 5 aromatic carbocycles. The van der Waals surface area contributed by atoms with E-state index in [0.29, 0.717) is 40.2 Å². The van der Waals surface area contributed by atoms with Gasteiger partial charge >= 0.3 is 11.9 Å². The van der Waals surface area contributed by atoms with Crippen LogP contribution in [0.15, 0.2) is 109 Å².